The normalized spacial score (nSPS) is 10.6. The Morgan fingerprint density at radius 2 is 1.45 bits per heavy atom. The van der Waals surface area contributed by atoms with E-state index in [1.807, 2.05) is 24.3 Å². The van der Waals surface area contributed by atoms with Crippen LogP contribution in [0.4, 0.5) is 0 Å². The molecule has 0 bridgehead atoms. The molecule has 0 aliphatic carbocycles. The van der Waals surface area contributed by atoms with Crippen LogP contribution in [0.15, 0.2) is 24.3 Å². The highest BCUT2D eigenvalue weighted by atomic mass is 127. The minimum absolute atomic E-state index is 0.0564. The van der Waals surface area contributed by atoms with E-state index in [1.54, 1.807) is 0 Å². The molecule has 0 saturated heterocycles. The Morgan fingerprint density at radius 1 is 0.909 bits per heavy atom. The second kappa shape index (κ2) is 12.9. The Balaban J connectivity index is 1.95. The van der Waals surface area contributed by atoms with Gasteiger partial charge in [-0.25, -0.2) is 0 Å². The van der Waals surface area contributed by atoms with Gasteiger partial charge in [0.15, 0.2) is 0 Å². The third-order valence-corrected chi connectivity index (χ3v) is 4.88. The number of hydrogen-bond donors (Lipinski definition) is 1. The quantitative estimate of drug-likeness (QED) is 0.332. The van der Waals surface area contributed by atoms with Gasteiger partial charge in [-0.15, -0.1) is 0 Å². The summed E-state index contributed by atoms with van der Waals surface area (Å²) in [4.78, 5) is 12.0. The Kier molecular flexibility index (Phi) is 11.4. The summed E-state index contributed by atoms with van der Waals surface area (Å²) in [6.45, 7) is 3.05. The van der Waals surface area contributed by atoms with Gasteiger partial charge in [0.1, 0.15) is 0 Å². The van der Waals surface area contributed by atoms with E-state index < -0.39 is 0 Å². The molecule has 1 aromatic rings. The molecular formula is C19H30INO. The molecule has 22 heavy (non-hydrogen) atoms. The van der Waals surface area contributed by atoms with Gasteiger partial charge in [-0.2, -0.15) is 0 Å². The highest BCUT2D eigenvalue weighted by molar-refractivity contribution is 14.1. The molecule has 2 nitrogen and oxygen atoms in total. The maximum atomic E-state index is 12.0. The molecule has 0 atom stereocenters. The molecule has 124 valence electrons. The molecule has 1 amide bonds. The van der Waals surface area contributed by atoms with Gasteiger partial charge >= 0.3 is 0 Å². The van der Waals surface area contributed by atoms with Gasteiger partial charge < -0.3 is 5.32 Å². The van der Waals surface area contributed by atoms with Crippen molar-refractivity contribution < 1.29 is 4.79 Å². The van der Waals surface area contributed by atoms with Crippen molar-refractivity contribution >= 4 is 28.5 Å². The lowest BCUT2D eigenvalue weighted by Crippen LogP contribution is -2.25. The van der Waals surface area contributed by atoms with E-state index in [9.17, 15) is 4.79 Å². The molecule has 0 fully saturated rings. The monoisotopic (exact) mass is 415 g/mol. The van der Waals surface area contributed by atoms with Crippen LogP contribution in [-0.2, 0) is 0 Å². The van der Waals surface area contributed by atoms with Crippen LogP contribution in [-0.4, -0.2) is 12.5 Å². The summed E-state index contributed by atoms with van der Waals surface area (Å²) in [5.74, 6) is 0.0564. The van der Waals surface area contributed by atoms with Crippen molar-refractivity contribution in [2.75, 3.05) is 6.54 Å². The lowest BCUT2D eigenvalue weighted by molar-refractivity contribution is 0.0952. The van der Waals surface area contributed by atoms with E-state index >= 15 is 0 Å². The SMILES string of the molecule is CCCCCCCCCCCCNC(=O)c1ccccc1I. The fourth-order valence-corrected chi connectivity index (χ4v) is 3.19. The average Bonchev–Trinajstić information content (AvgIpc) is 2.53. The van der Waals surface area contributed by atoms with Gasteiger partial charge in [0.25, 0.3) is 5.91 Å². The molecule has 0 saturated carbocycles. The first-order valence-corrected chi connectivity index (χ1v) is 9.86. The molecule has 1 aromatic carbocycles. The van der Waals surface area contributed by atoms with Crippen molar-refractivity contribution in [3.8, 4) is 0 Å². The molecule has 0 spiro atoms. The summed E-state index contributed by atoms with van der Waals surface area (Å²) >= 11 is 2.21. The third-order valence-electron chi connectivity index (χ3n) is 3.93. The summed E-state index contributed by atoms with van der Waals surface area (Å²) in [6.07, 6.45) is 13.2. The number of carbonyl (C=O) groups excluding carboxylic acids is 1. The first kappa shape index (κ1) is 19.5. The highest BCUT2D eigenvalue weighted by Gasteiger charge is 2.07. The number of rotatable bonds is 12. The molecule has 0 aliphatic rings. The maximum Gasteiger partial charge on any atom is 0.252 e. The van der Waals surface area contributed by atoms with Gasteiger partial charge in [-0.3, -0.25) is 4.79 Å². The molecular weight excluding hydrogens is 385 g/mol. The number of halogens is 1. The Morgan fingerprint density at radius 3 is 2.05 bits per heavy atom. The van der Waals surface area contributed by atoms with E-state index in [2.05, 4.69) is 34.8 Å². The lowest BCUT2D eigenvalue weighted by atomic mass is 10.1. The van der Waals surface area contributed by atoms with Crippen molar-refractivity contribution in [2.45, 2.75) is 71.1 Å². The minimum atomic E-state index is 0.0564. The molecule has 0 radical (unpaired) electrons. The summed E-state index contributed by atoms with van der Waals surface area (Å²) < 4.78 is 1.01. The van der Waals surface area contributed by atoms with Crippen LogP contribution >= 0.6 is 22.6 Å². The van der Waals surface area contributed by atoms with Crippen LogP contribution in [0.25, 0.3) is 0 Å². The van der Waals surface area contributed by atoms with Gasteiger partial charge in [0.2, 0.25) is 0 Å². The second-order valence-corrected chi connectivity index (χ2v) is 7.08. The van der Waals surface area contributed by atoms with Crippen LogP contribution in [0.5, 0.6) is 0 Å². The largest absolute Gasteiger partial charge is 0.352 e. The zero-order valence-electron chi connectivity index (χ0n) is 13.9. The maximum absolute atomic E-state index is 12.0. The van der Waals surface area contributed by atoms with Gasteiger partial charge in [0, 0.05) is 10.1 Å². The van der Waals surface area contributed by atoms with Crippen LogP contribution in [0.2, 0.25) is 0 Å². The zero-order valence-corrected chi connectivity index (χ0v) is 16.0. The number of nitrogens with one attached hydrogen (secondary N) is 1. The second-order valence-electron chi connectivity index (χ2n) is 5.92. The predicted octanol–water partition coefficient (Wildman–Crippen LogP) is 5.94. The van der Waals surface area contributed by atoms with Crippen LogP contribution in [0.3, 0.4) is 0 Å². The molecule has 3 heteroatoms. The van der Waals surface area contributed by atoms with E-state index in [0.29, 0.717) is 0 Å². The Labute approximate surface area is 149 Å². The fraction of sp³-hybridized carbons (Fsp3) is 0.632. The van der Waals surface area contributed by atoms with Crippen molar-refractivity contribution in [1.82, 2.24) is 5.32 Å². The number of unbranched alkanes of at least 4 members (excludes halogenated alkanes) is 9. The van der Waals surface area contributed by atoms with Gasteiger partial charge in [-0.1, -0.05) is 76.8 Å². The van der Waals surface area contributed by atoms with E-state index in [-0.39, 0.29) is 5.91 Å². The first-order chi connectivity index (χ1) is 10.8. The number of benzene rings is 1. The molecule has 1 N–H and O–H groups in total. The van der Waals surface area contributed by atoms with Crippen LogP contribution in [0, 0.1) is 3.57 Å². The molecule has 0 heterocycles. The molecule has 0 aromatic heterocycles. The average molecular weight is 415 g/mol. The van der Waals surface area contributed by atoms with Crippen molar-refractivity contribution in [1.29, 1.82) is 0 Å². The number of carbonyl (C=O) groups is 1. The van der Waals surface area contributed by atoms with Gasteiger partial charge in [-0.05, 0) is 41.1 Å². The van der Waals surface area contributed by atoms with Crippen molar-refractivity contribution in [3.63, 3.8) is 0 Å². The summed E-state index contributed by atoms with van der Waals surface area (Å²) in [6, 6.07) is 7.73. The van der Waals surface area contributed by atoms with E-state index in [0.717, 1.165) is 22.1 Å². The van der Waals surface area contributed by atoms with Crippen molar-refractivity contribution in [3.05, 3.63) is 33.4 Å². The van der Waals surface area contributed by atoms with Crippen LogP contribution in [0.1, 0.15) is 81.5 Å². The molecule has 0 unspecified atom stereocenters. The summed E-state index contributed by atoms with van der Waals surface area (Å²) in [5.41, 5.74) is 0.787. The summed E-state index contributed by atoms with van der Waals surface area (Å²) in [7, 11) is 0. The Hall–Kier alpha value is -0.580. The fourth-order valence-electron chi connectivity index (χ4n) is 2.55. The van der Waals surface area contributed by atoms with Crippen molar-refractivity contribution in [2.24, 2.45) is 0 Å². The Bertz CT molecular complexity index is 420. The van der Waals surface area contributed by atoms with Crippen LogP contribution < -0.4 is 5.32 Å². The van der Waals surface area contributed by atoms with E-state index in [1.165, 1.54) is 57.8 Å². The highest BCUT2D eigenvalue weighted by Crippen LogP contribution is 2.12. The smallest absolute Gasteiger partial charge is 0.252 e. The van der Waals surface area contributed by atoms with E-state index in [4.69, 9.17) is 0 Å². The number of amides is 1. The zero-order chi connectivity index (χ0) is 16.0. The lowest BCUT2D eigenvalue weighted by Gasteiger charge is -2.07. The number of hydrogen-bond acceptors (Lipinski definition) is 1. The topological polar surface area (TPSA) is 29.1 Å². The van der Waals surface area contributed by atoms with Gasteiger partial charge in [0.05, 0.1) is 5.56 Å². The summed E-state index contributed by atoms with van der Waals surface area (Å²) in [5, 5.41) is 3.02. The third kappa shape index (κ3) is 8.76. The first-order valence-electron chi connectivity index (χ1n) is 8.78. The molecule has 0 aliphatic heterocycles. The predicted molar refractivity (Wildman–Crippen MR) is 103 cm³/mol. The minimum Gasteiger partial charge on any atom is -0.352 e. The molecule has 1 rings (SSSR count). The standard InChI is InChI=1S/C19H30INO/c1-2-3-4-5-6-7-8-9-10-13-16-21-19(22)17-14-11-12-15-18(17)20/h11-12,14-15H,2-10,13,16H2,1H3,(H,21,22).